The smallest absolute Gasteiger partial charge is 0.323 e. The average molecular weight is 501 g/mol. The minimum absolute atomic E-state index is 0.0551. The minimum atomic E-state index is -0.604. The third kappa shape index (κ3) is 6.06. The Hall–Kier alpha value is -4.40. The Kier molecular flexibility index (Phi) is 7.02. The molecule has 0 saturated carbocycles. The van der Waals surface area contributed by atoms with Crippen LogP contribution >= 0.6 is 0 Å². The number of ether oxygens (including phenoxy) is 1. The number of aryl methyl sites for hydroxylation is 2. The van der Waals surface area contributed by atoms with Crippen molar-refractivity contribution in [2.75, 3.05) is 28.6 Å². The van der Waals surface area contributed by atoms with E-state index in [0.717, 1.165) is 29.9 Å². The molecule has 0 spiro atoms. The lowest BCUT2D eigenvalue weighted by atomic mass is 10.1. The van der Waals surface area contributed by atoms with Crippen LogP contribution in [0.25, 0.3) is 11.3 Å². The number of hydrogen-bond acceptors (Lipinski definition) is 5. The van der Waals surface area contributed by atoms with Crippen LogP contribution in [0.1, 0.15) is 24.8 Å². The van der Waals surface area contributed by atoms with Gasteiger partial charge in [-0.3, -0.25) is 9.67 Å². The maximum absolute atomic E-state index is 14.8. The zero-order valence-electron chi connectivity index (χ0n) is 20.9. The van der Waals surface area contributed by atoms with E-state index in [9.17, 15) is 9.18 Å². The van der Waals surface area contributed by atoms with Crippen LogP contribution in [-0.4, -0.2) is 33.9 Å². The third-order valence-electron chi connectivity index (χ3n) is 6.20. The summed E-state index contributed by atoms with van der Waals surface area (Å²) in [6.07, 6.45) is 8.77. The van der Waals surface area contributed by atoms with Crippen LogP contribution in [0.3, 0.4) is 0 Å². The number of benzene rings is 2. The molecule has 0 unspecified atom stereocenters. The van der Waals surface area contributed by atoms with Crippen molar-refractivity contribution < 1.29 is 13.9 Å². The summed E-state index contributed by atoms with van der Waals surface area (Å²) in [5.41, 5.74) is 4.40. The van der Waals surface area contributed by atoms with E-state index in [4.69, 9.17) is 4.74 Å². The number of halogens is 1. The number of aromatic nitrogens is 3. The Balaban J connectivity index is 1.23. The number of hydrogen-bond donors (Lipinski definition) is 2. The molecular weight excluding hydrogens is 471 g/mol. The van der Waals surface area contributed by atoms with Crippen LogP contribution in [0.5, 0.6) is 11.5 Å². The number of nitrogens with one attached hydrogen (secondary N) is 2. The van der Waals surface area contributed by atoms with E-state index in [1.807, 2.05) is 32.3 Å². The quantitative estimate of drug-likeness (QED) is 0.322. The number of pyridine rings is 1. The second-order valence-corrected chi connectivity index (χ2v) is 9.21. The van der Waals surface area contributed by atoms with Gasteiger partial charge in [0, 0.05) is 61.6 Å². The molecule has 3 heterocycles. The minimum Gasteiger partial charge on any atom is -0.457 e. The molecule has 1 aliphatic heterocycles. The predicted molar refractivity (Wildman–Crippen MR) is 143 cm³/mol. The van der Waals surface area contributed by atoms with Gasteiger partial charge in [-0.05, 0) is 68.1 Å². The summed E-state index contributed by atoms with van der Waals surface area (Å²) in [5.74, 6) is 0.208. The highest BCUT2D eigenvalue weighted by Gasteiger charge is 2.14. The Bertz CT molecular complexity index is 1410. The van der Waals surface area contributed by atoms with Gasteiger partial charge in [-0.2, -0.15) is 5.10 Å². The van der Waals surface area contributed by atoms with Gasteiger partial charge >= 0.3 is 6.03 Å². The first-order chi connectivity index (χ1) is 17.9. The van der Waals surface area contributed by atoms with Crippen molar-refractivity contribution in [1.82, 2.24) is 14.8 Å². The molecule has 1 aliphatic rings. The Labute approximate surface area is 215 Å². The molecule has 2 amide bonds. The summed E-state index contributed by atoms with van der Waals surface area (Å²) in [6.45, 7) is 4.02. The molecule has 37 heavy (non-hydrogen) atoms. The molecule has 9 heteroatoms. The first kappa shape index (κ1) is 24.3. The van der Waals surface area contributed by atoms with E-state index in [0.29, 0.717) is 22.9 Å². The predicted octanol–water partition coefficient (Wildman–Crippen LogP) is 6.36. The second-order valence-electron chi connectivity index (χ2n) is 9.21. The maximum atomic E-state index is 14.8. The number of urea groups is 1. The molecule has 1 fully saturated rings. The van der Waals surface area contributed by atoms with Crippen molar-refractivity contribution in [1.29, 1.82) is 0 Å². The lowest BCUT2D eigenvalue weighted by Gasteiger charge is -2.29. The number of nitrogens with zero attached hydrogens (tertiary/aromatic N) is 4. The van der Waals surface area contributed by atoms with Crippen LogP contribution in [0.15, 0.2) is 67.1 Å². The summed E-state index contributed by atoms with van der Waals surface area (Å²) in [6, 6.07) is 13.2. The fourth-order valence-corrected chi connectivity index (χ4v) is 4.44. The third-order valence-corrected chi connectivity index (χ3v) is 6.20. The Morgan fingerprint density at radius 3 is 2.57 bits per heavy atom. The number of carbonyl (C=O) groups is 1. The fraction of sp³-hybridized carbons (Fsp3) is 0.250. The summed E-state index contributed by atoms with van der Waals surface area (Å²) in [7, 11) is 1.83. The molecule has 2 aromatic heterocycles. The number of piperidine rings is 1. The zero-order valence-corrected chi connectivity index (χ0v) is 20.9. The van der Waals surface area contributed by atoms with Gasteiger partial charge in [0.25, 0.3) is 0 Å². The first-order valence-corrected chi connectivity index (χ1v) is 12.3. The van der Waals surface area contributed by atoms with Crippen LogP contribution in [0, 0.1) is 12.7 Å². The molecule has 2 N–H and O–H groups in total. The Morgan fingerprint density at radius 2 is 1.81 bits per heavy atom. The van der Waals surface area contributed by atoms with Gasteiger partial charge in [-0.1, -0.05) is 0 Å². The van der Waals surface area contributed by atoms with Crippen molar-refractivity contribution in [3.8, 4) is 22.8 Å². The van der Waals surface area contributed by atoms with Gasteiger partial charge < -0.3 is 20.3 Å². The average Bonchev–Trinajstić information content (AvgIpc) is 3.32. The van der Waals surface area contributed by atoms with E-state index in [-0.39, 0.29) is 5.69 Å². The highest BCUT2D eigenvalue weighted by Crippen LogP contribution is 2.29. The molecule has 8 nitrogen and oxygen atoms in total. The van der Waals surface area contributed by atoms with Crippen LogP contribution in [0.2, 0.25) is 0 Å². The summed E-state index contributed by atoms with van der Waals surface area (Å²) in [5, 5.41) is 9.57. The second kappa shape index (κ2) is 10.7. The molecule has 0 bridgehead atoms. The molecule has 1 saturated heterocycles. The molecule has 5 rings (SSSR count). The van der Waals surface area contributed by atoms with Gasteiger partial charge in [-0.25, -0.2) is 9.18 Å². The van der Waals surface area contributed by atoms with Crippen molar-refractivity contribution in [2.45, 2.75) is 26.2 Å². The van der Waals surface area contributed by atoms with E-state index in [1.54, 1.807) is 35.3 Å². The summed E-state index contributed by atoms with van der Waals surface area (Å²) >= 11 is 0. The van der Waals surface area contributed by atoms with Crippen molar-refractivity contribution in [3.05, 3.63) is 78.5 Å². The van der Waals surface area contributed by atoms with Gasteiger partial charge in [0.2, 0.25) is 0 Å². The number of anilines is 3. The standard InChI is InChI=1S/C28H29FN6O2/c1-19-12-21(14-22(13-19)35-10-4-3-5-11-35)32-28(36)33-26-7-6-23(15-25(26)29)37-24-8-9-30-27(16-24)20-17-31-34(2)18-20/h6-9,12-18H,3-5,10-11H2,1-2H3,(H2,32,33,36). The lowest BCUT2D eigenvalue weighted by molar-refractivity contribution is 0.262. The molecule has 2 aromatic carbocycles. The summed E-state index contributed by atoms with van der Waals surface area (Å²) in [4.78, 5) is 19.3. The molecular formula is C28H29FN6O2. The van der Waals surface area contributed by atoms with E-state index < -0.39 is 11.8 Å². The topological polar surface area (TPSA) is 84.3 Å². The van der Waals surface area contributed by atoms with Crippen molar-refractivity contribution >= 4 is 23.1 Å². The van der Waals surface area contributed by atoms with E-state index in [1.165, 1.54) is 31.4 Å². The van der Waals surface area contributed by atoms with E-state index >= 15 is 0 Å². The SMILES string of the molecule is Cc1cc(NC(=O)Nc2ccc(Oc3ccnc(-c4cnn(C)c4)c3)cc2F)cc(N2CCCCC2)c1. The van der Waals surface area contributed by atoms with Crippen molar-refractivity contribution in [2.24, 2.45) is 7.05 Å². The fourth-order valence-electron chi connectivity index (χ4n) is 4.44. The highest BCUT2D eigenvalue weighted by molar-refractivity contribution is 6.00. The zero-order chi connectivity index (χ0) is 25.8. The van der Waals surface area contributed by atoms with Crippen LogP contribution < -0.4 is 20.3 Å². The number of amides is 2. The molecule has 0 aliphatic carbocycles. The monoisotopic (exact) mass is 500 g/mol. The molecule has 0 radical (unpaired) electrons. The number of carbonyl (C=O) groups excluding carboxylic acids is 1. The maximum Gasteiger partial charge on any atom is 0.323 e. The normalized spacial score (nSPS) is 13.3. The molecule has 0 atom stereocenters. The molecule has 4 aromatic rings. The lowest BCUT2D eigenvalue weighted by Crippen LogP contribution is -2.29. The van der Waals surface area contributed by atoms with E-state index in [2.05, 4.69) is 31.7 Å². The Morgan fingerprint density at radius 1 is 1.00 bits per heavy atom. The highest BCUT2D eigenvalue weighted by atomic mass is 19.1. The molecule has 190 valence electrons. The van der Waals surface area contributed by atoms with Gasteiger partial charge in [0.05, 0.1) is 17.6 Å². The first-order valence-electron chi connectivity index (χ1n) is 12.3. The van der Waals surface area contributed by atoms with Crippen LogP contribution in [0.4, 0.5) is 26.2 Å². The number of rotatable bonds is 6. The largest absolute Gasteiger partial charge is 0.457 e. The van der Waals surface area contributed by atoms with Crippen LogP contribution in [-0.2, 0) is 7.05 Å². The van der Waals surface area contributed by atoms with Gasteiger partial charge in [-0.15, -0.1) is 0 Å². The van der Waals surface area contributed by atoms with Gasteiger partial charge in [0.1, 0.15) is 17.3 Å². The van der Waals surface area contributed by atoms with Gasteiger partial charge in [0.15, 0.2) is 0 Å². The summed E-state index contributed by atoms with van der Waals surface area (Å²) < 4.78 is 22.3. The van der Waals surface area contributed by atoms with Crippen molar-refractivity contribution in [3.63, 3.8) is 0 Å².